The van der Waals surface area contributed by atoms with Gasteiger partial charge in [-0.05, 0) is 42.9 Å². The molecule has 1 aliphatic heterocycles. The summed E-state index contributed by atoms with van der Waals surface area (Å²) in [5, 5.41) is 3.12. The van der Waals surface area contributed by atoms with Crippen LogP contribution in [0.1, 0.15) is 36.8 Å². The first-order valence-corrected chi connectivity index (χ1v) is 10.2. The van der Waals surface area contributed by atoms with Gasteiger partial charge in [-0.1, -0.05) is 18.6 Å². The molecule has 1 heterocycles. The van der Waals surface area contributed by atoms with Gasteiger partial charge in [-0.15, -0.1) is 24.8 Å². The van der Waals surface area contributed by atoms with Crippen molar-refractivity contribution >= 4 is 48.2 Å². The Bertz CT molecular complexity index is 582. The third-order valence-electron chi connectivity index (χ3n) is 5.25. The van der Waals surface area contributed by atoms with Crippen LogP contribution in [0.5, 0.6) is 0 Å². The van der Waals surface area contributed by atoms with Crippen LogP contribution >= 0.6 is 36.6 Å². The van der Waals surface area contributed by atoms with Crippen molar-refractivity contribution in [3.05, 3.63) is 29.3 Å². The second kappa shape index (κ2) is 11.4. The number of rotatable bonds is 5. The summed E-state index contributed by atoms with van der Waals surface area (Å²) in [6, 6.07) is 6.63. The number of hydrogen-bond acceptors (Lipinski definition) is 4. The van der Waals surface area contributed by atoms with E-state index in [1.807, 2.05) is 11.8 Å². The number of hydrogen-bond donors (Lipinski definition) is 2. The zero-order valence-corrected chi connectivity index (χ0v) is 17.9. The molecule has 0 radical (unpaired) electrons. The van der Waals surface area contributed by atoms with E-state index in [2.05, 4.69) is 35.3 Å². The lowest BCUT2D eigenvalue weighted by Gasteiger charge is -2.26. The van der Waals surface area contributed by atoms with Crippen LogP contribution < -0.4 is 11.1 Å². The Hall–Kier alpha value is -0.460. The van der Waals surface area contributed by atoms with Crippen LogP contribution in [0, 0.1) is 12.8 Å². The molecule has 1 aliphatic carbocycles. The first-order valence-electron chi connectivity index (χ1n) is 9.07. The highest BCUT2D eigenvalue weighted by atomic mass is 35.5. The fourth-order valence-corrected chi connectivity index (χ4v) is 4.66. The molecule has 2 aliphatic rings. The molecule has 1 amide bonds. The highest BCUT2D eigenvalue weighted by Crippen LogP contribution is 2.27. The second-order valence-electron chi connectivity index (χ2n) is 7.14. The molecular weight excluding hydrogens is 389 g/mol. The molecule has 1 aromatic carbocycles. The van der Waals surface area contributed by atoms with Gasteiger partial charge in [0.1, 0.15) is 0 Å². The molecule has 0 aromatic heterocycles. The van der Waals surface area contributed by atoms with Crippen molar-refractivity contribution < 1.29 is 4.79 Å². The summed E-state index contributed by atoms with van der Waals surface area (Å²) < 4.78 is 0. The topological polar surface area (TPSA) is 58.4 Å². The Morgan fingerprint density at radius 3 is 2.65 bits per heavy atom. The number of nitrogens with zero attached hydrogens (tertiary/aromatic N) is 1. The summed E-state index contributed by atoms with van der Waals surface area (Å²) in [6.45, 7) is 5.33. The van der Waals surface area contributed by atoms with Gasteiger partial charge in [-0.3, -0.25) is 9.69 Å². The fourth-order valence-electron chi connectivity index (χ4n) is 3.68. The molecule has 26 heavy (non-hydrogen) atoms. The van der Waals surface area contributed by atoms with Crippen LogP contribution in [-0.4, -0.2) is 41.4 Å². The Kier molecular flexibility index (Phi) is 10.3. The zero-order valence-electron chi connectivity index (χ0n) is 15.4. The Morgan fingerprint density at radius 1 is 1.27 bits per heavy atom. The van der Waals surface area contributed by atoms with E-state index in [4.69, 9.17) is 5.73 Å². The van der Waals surface area contributed by atoms with Gasteiger partial charge in [0, 0.05) is 49.3 Å². The minimum Gasteiger partial charge on any atom is -0.327 e. The molecule has 4 nitrogen and oxygen atoms in total. The largest absolute Gasteiger partial charge is 0.327 e. The molecule has 148 valence electrons. The van der Waals surface area contributed by atoms with Gasteiger partial charge in [0.25, 0.3) is 0 Å². The average molecular weight is 420 g/mol. The number of carbonyl (C=O) groups excluding carboxylic acids is 1. The lowest BCUT2D eigenvalue weighted by Crippen LogP contribution is -2.32. The van der Waals surface area contributed by atoms with Crippen molar-refractivity contribution in [2.24, 2.45) is 11.7 Å². The first-order chi connectivity index (χ1) is 11.6. The summed E-state index contributed by atoms with van der Waals surface area (Å²) >= 11 is 2.03. The molecule has 7 heteroatoms. The zero-order chi connectivity index (χ0) is 16.9. The van der Waals surface area contributed by atoms with Gasteiger partial charge in [0.05, 0.1) is 0 Å². The number of nitrogens with two attached hydrogens (primary N) is 1. The van der Waals surface area contributed by atoms with Crippen molar-refractivity contribution in [1.82, 2.24) is 4.90 Å². The van der Waals surface area contributed by atoms with Crippen LogP contribution in [-0.2, 0) is 11.3 Å². The molecule has 1 saturated carbocycles. The van der Waals surface area contributed by atoms with Crippen LogP contribution in [0.25, 0.3) is 0 Å². The summed E-state index contributed by atoms with van der Waals surface area (Å²) in [6.07, 6.45) is 3.84. The highest BCUT2D eigenvalue weighted by molar-refractivity contribution is 7.99. The molecule has 3 rings (SSSR count). The lowest BCUT2D eigenvalue weighted by molar-refractivity contribution is -0.117. The Labute approximate surface area is 173 Å². The van der Waals surface area contributed by atoms with Gasteiger partial charge < -0.3 is 11.1 Å². The van der Waals surface area contributed by atoms with Gasteiger partial charge in [-0.25, -0.2) is 0 Å². The third-order valence-corrected chi connectivity index (χ3v) is 6.19. The van der Waals surface area contributed by atoms with Gasteiger partial charge in [0.15, 0.2) is 0 Å². The number of nitrogens with one attached hydrogen (secondary N) is 1. The summed E-state index contributed by atoms with van der Waals surface area (Å²) in [5.74, 6) is 2.89. The number of aryl methyl sites for hydroxylation is 1. The fraction of sp³-hybridized carbons (Fsp3) is 0.632. The van der Waals surface area contributed by atoms with E-state index in [1.165, 1.54) is 17.1 Å². The number of benzene rings is 1. The van der Waals surface area contributed by atoms with E-state index < -0.39 is 0 Å². The predicted molar refractivity (Wildman–Crippen MR) is 117 cm³/mol. The normalized spacial score (nSPS) is 23.0. The number of anilines is 1. The molecule has 1 saturated heterocycles. The van der Waals surface area contributed by atoms with Crippen molar-refractivity contribution in [2.75, 3.05) is 29.9 Å². The van der Waals surface area contributed by atoms with E-state index >= 15 is 0 Å². The Morgan fingerprint density at radius 2 is 2.00 bits per heavy atom. The number of amides is 1. The smallest absolute Gasteiger partial charge is 0.224 e. The monoisotopic (exact) mass is 419 g/mol. The molecule has 0 spiro atoms. The second-order valence-corrected chi connectivity index (χ2v) is 8.37. The van der Waals surface area contributed by atoms with Crippen LogP contribution in [0.2, 0.25) is 0 Å². The van der Waals surface area contributed by atoms with E-state index in [0.29, 0.717) is 12.3 Å². The lowest BCUT2D eigenvalue weighted by atomic mass is 9.99. The summed E-state index contributed by atoms with van der Waals surface area (Å²) in [4.78, 5) is 14.9. The van der Waals surface area contributed by atoms with Crippen LogP contribution in [0.15, 0.2) is 18.2 Å². The quantitative estimate of drug-likeness (QED) is 0.760. The number of thioether (sulfide) groups is 1. The minimum atomic E-state index is 0. The number of carbonyl (C=O) groups is 1. The molecule has 1 aromatic rings. The first kappa shape index (κ1) is 23.6. The van der Waals surface area contributed by atoms with Crippen molar-refractivity contribution in [2.45, 2.75) is 45.2 Å². The molecule has 0 bridgehead atoms. The maximum absolute atomic E-state index is 12.4. The maximum atomic E-state index is 12.4. The highest BCUT2D eigenvalue weighted by Gasteiger charge is 2.26. The molecule has 3 N–H and O–H groups in total. The summed E-state index contributed by atoms with van der Waals surface area (Å²) in [5.41, 5.74) is 9.45. The molecule has 0 unspecified atom stereocenters. The van der Waals surface area contributed by atoms with Crippen LogP contribution in [0.3, 0.4) is 0 Å². The minimum absolute atomic E-state index is 0. The molecule has 2 atom stereocenters. The molecular formula is C19H31Cl2N3OS. The Balaban J connectivity index is 0.00000169. The van der Waals surface area contributed by atoms with Crippen molar-refractivity contribution in [3.8, 4) is 0 Å². The van der Waals surface area contributed by atoms with Gasteiger partial charge in [0.2, 0.25) is 5.91 Å². The average Bonchev–Trinajstić information content (AvgIpc) is 2.96. The van der Waals surface area contributed by atoms with Gasteiger partial charge >= 0.3 is 0 Å². The van der Waals surface area contributed by atoms with Crippen LogP contribution in [0.4, 0.5) is 5.69 Å². The van der Waals surface area contributed by atoms with E-state index in [-0.39, 0.29) is 36.8 Å². The van der Waals surface area contributed by atoms with E-state index in [1.54, 1.807) is 0 Å². The molecule has 2 fully saturated rings. The maximum Gasteiger partial charge on any atom is 0.224 e. The van der Waals surface area contributed by atoms with Crippen molar-refractivity contribution in [1.29, 1.82) is 0 Å². The SMILES string of the molecule is Cc1ccc(CN2CCSCC2)cc1NC(=O)C[C@@H]1CCC[C@H]1N.Cl.Cl. The van der Waals surface area contributed by atoms with Gasteiger partial charge in [-0.2, -0.15) is 11.8 Å². The predicted octanol–water partition coefficient (Wildman–Crippen LogP) is 3.84. The van der Waals surface area contributed by atoms with Crippen molar-refractivity contribution in [3.63, 3.8) is 0 Å². The van der Waals surface area contributed by atoms with E-state index in [0.717, 1.165) is 50.1 Å². The summed E-state index contributed by atoms with van der Waals surface area (Å²) in [7, 11) is 0. The standard InChI is InChI=1S/C19H29N3OS.2ClH/c1-14-5-6-15(13-22-7-9-24-10-8-22)11-18(14)21-19(23)12-16-3-2-4-17(16)20;;/h5-6,11,16-17H,2-4,7-10,12-13,20H2,1H3,(H,21,23);2*1H/t16-,17+;;/m0../s1. The third kappa shape index (κ3) is 6.61. The van der Waals surface area contributed by atoms with E-state index in [9.17, 15) is 4.79 Å². The number of halogens is 2.